The van der Waals surface area contributed by atoms with Crippen LogP contribution in [-0.4, -0.2) is 31.9 Å². The van der Waals surface area contributed by atoms with Gasteiger partial charge in [0.05, 0.1) is 4.90 Å². The summed E-state index contributed by atoms with van der Waals surface area (Å²) in [6.45, 7) is 0.185. The number of nitrogens with one attached hydrogen (secondary N) is 1. The average molecular weight is 287 g/mol. The first-order valence-electron chi connectivity index (χ1n) is 5.98. The standard InChI is InChI=1S/C12H17NO3S2/c14-8-1-9-17-11-4-6-12(7-5-11)18(15,16)13-10-2-3-10/h4-7,10,13-14H,1-3,8-9H2. The first-order chi connectivity index (χ1) is 8.62. The van der Waals surface area contributed by atoms with Crippen molar-refractivity contribution in [1.82, 2.24) is 4.72 Å². The largest absolute Gasteiger partial charge is 0.396 e. The molecule has 1 fully saturated rings. The molecule has 0 unspecified atom stereocenters. The third kappa shape index (κ3) is 3.98. The zero-order valence-corrected chi connectivity index (χ0v) is 11.6. The molecule has 1 saturated carbocycles. The van der Waals surface area contributed by atoms with E-state index < -0.39 is 10.0 Å². The van der Waals surface area contributed by atoms with Gasteiger partial charge in [-0.2, -0.15) is 0 Å². The van der Waals surface area contributed by atoms with Crippen molar-refractivity contribution in [3.05, 3.63) is 24.3 Å². The Kier molecular flexibility index (Phi) is 4.66. The molecule has 4 nitrogen and oxygen atoms in total. The molecule has 1 aliphatic rings. The molecule has 18 heavy (non-hydrogen) atoms. The van der Waals surface area contributed by atoms with Crippen LogP contribution in [0.3, 0.4) is 0 Å². The second-order valence-electron chi connectivity index (χ2n) is 4.29. The van der Waals surface area contributed by atoms with Crippen molar-refractivity contribution < 1.29 is 13.5 Å². The molecule has 0 aromatic heterocycles. The molecule has 0 bridgehead atoms. The molecule has 0 heterocycles. The minimum absolute atomic E-state index is 0.133. The number of hydrogen-bond acceptors (Lipinski definition) is 4. The quantitative estimate of drug-likeness (QED) is 0.590. The Morgan fingerprint density at radius 1 is 1.28 bits per heavy atom. The summed E-state index contributed by atoms with van der Waals surface area (Å²) in [6.07, 6.45) is 2.62. The molecule has 0 aliphatic heterocycles. The third-order valence-electron chi connectivity index (χ3n) is 2.60. The fourth-order valence-electron chi connectivity index (χ4n) is 1.46. The van der Waals surface area contributed by atoms with Crippen LogP contribution in [0, 0.1) is 0 Å². The fourth-order valence-corrected chi connectivity index (χ4v) is 3.60. The van der Waals surface area contributed by atoms with Gasteiger partial charge in [0.25, 0.3) is 0 Å². The van der Waals surface area contributed by atoms with Crippen molar-refractivity contribution in [2.45, 2.75) is 35.1 Å². The van der Waals surface area contributed by atoms with E-state index in [1.807, 2.05) is 12.1 Å². The lowest BCUT2D eigenvalue weighted by molar-refractivity contribution is 0.296. The fraction of sp³-hybridized carbons (Fsp3) is 0.500. The van der Waals surface area contributed by atoms with Gasteiger partial charge in [-0.15, -0.1) is 11.8 Å². The highest BCUT2D eigenvalue weighted by Crippen LogP contribution is 2.24. The summed E-state index contributed by atoms with van der Waals surface area (Å²) in [5, 5.41) is 8.68. The molecule has 1 aliphatic carbocycles. The zero-order valence-electron chi connectivity index (χ0n) is 10.0. The highest BCUT2D eigenvalue weighted by atomic mass is 32.2. The molecular formula is C12H17NO3S2. The molecule has 1 aromatic rings. The zero-order chi connectivity index (χ0) is 13.0. The number of hydrogen-bond donors (Lipinski definition) is 2. The molecule has 6 heteroatoms. The summed E-state index contributed by atoms with van der Waals surface area (Å²) in [7, 11) is -3.34. The van der Waals surface area contributed by atoms with Gasteiger partial charge >= 0.3 is 0 Å². The molecule has 0 saturated heterocycles. The van der Waals surface area contributed by atoms with Gasteiger partial charge in [0, 0.05) is 23.3 Å². The summed E-state index contributed by atoms with van der Waals surface area (Å²) in [5.41, 5.74) is 0. The average Bonchev–Trinajstić information content (AvgIpc) is 3.13. The van der Waals surface area contributed by atoms with Gasteiger partial charge in [-0.05, 0) is 43.5 Å². The molecule has 100 valence electrons. The van der Waals surface area contributed by atoms with Crippen LogP contribution in [0.2, 0.25) is 0 Å². The van der Waals surface area contributed by atoms with E-state index in [-0.39, 0.29) is 12.6 Å². The van der Waals surface area contributed by atoms with Crippen molar-refractivity contribution in [3.63, 3.8) is 0 Å². The Morgan fingerprint density at radius 3 is 2.50 bits per heavy atom. The van der Waals surface area contributed by atoms with Crippen LogP contribution < -0.4 is 4.72 Å². The second kappa shape index (κ2) is 6.06. The number of rotatable bonds is 7. The molecule has 0 spiro atoms. The number of sulfonamides is 1. The van der Waals surface area contributed by atoms with E-state index in [0.29, 0.717) is 4.90 Å². The Labute approximate surface area is 112 Å². The van der Waals surface area contributed by atoms with Crippen LogP contribution in [-0.2, 0) is 10.0 Å². The normalized spacial score (nSPS) is 15.8. The Hall–Kier alpha value is -0.560. The number of benzene rings is 1. The first kappa shape index (κ1) is 13.9. The molecule has 0 amide bonds. The molecular weight excluding hydrogens is 270 g/mol. The third-order valence-corrected chi connectivity index (χ3v) is 5.24. The summed E-state index contributed by atoms with van der Waals surface area (Å²) >= 11 is 1.62. The van der Waals surface area contributed by atoms with E-state index in [1.54, 1.807) is 23.9 Å². The van der Waals surface area contributed by atoms with E-state index in [2.05, 4.69) is 4.72 Å². The van der Waals surface area contributed by atoms with Crippen molar-refractivity contribution in [2.24, 2.45) is 0 Å². The lowest BCUT2D eigenvalue weighted by atomic mass is 10.4. The van der Waals surface area contributed by atoms with E-state index in [1.165, 1.54) is 0 Å². The minimum atomic E-state index is -3.34. The number of aliphatic hydroxyl groups excluding tert-OH is 1. The predicted molar refractivity (Wildman–Crippen MR) is 72.2 cm³/mol. The minimum Gasteiger partial charge on any atom is -0.396 e. The predicted octanol–water partition coefficient (Wildman–Crippen LogP) is 1.60. The van der Waals surface area contributed by atoms with Gasteiger partial charge in [0.2, 0.25) is 10.0 Å². The van der Waals surface area contributed by atoms with Crippen LogP contribution in [0.4, 0.5) is 0 Å². The number of aliphatic hydroxyl groups is 1. The Balaban J connectivity index is 1.97. The second-order valence-corrected chi connectivity index (χ2v) is 7.17. The van der Waals surface area contributed by atoms with Crippen LogP contribution in [0.1, 0.15) is 19.3 Å². The van der Waals surface area contributed by atoms with Gasteiger partial charge in [0.15, 0.2) is 0 Å². The van der Waals surface area contributed by atoms with Crippen molar-refractivity contribution >= 4 is 21.8 Å². The van der Waals surface area contributed by atoms with E-state index in [4.69, 9.17) is 5.11 Å². The van der Waals surface area contributed by atoms with Crippen molar-refractivity contribution in [1.29, 1.82) is 0 Å². The molecule has 1 aromatic carbocycles. The highest BCUT2D eigenvalue weighted by molar-refractivity contribution is 7.99. The molecule has 2 N–H and O–H groups in total. The van der Waals surface area contributed by atoms with Crippen LogP contribution in [0.5, 0.6) is 0 Å². The van der Waals surface area contributed by atoms with E-state index >= 15 is 0 Å². The van der Waals surface area contributed by atoms with Crippen LogP contribution >= 0.6 is 11.8 Å². The lowest BCUT2D eigenvalue weighted by Crippen LogP contribution is -2.25. The highest BCUT2D eigenvalue weighted by Gasteiger charge is 2.27. The van der Waals surface area contributed by atoms with Crippen molar-refractivity contribution in [3.8, 4) is 0 Å². The van der Waals surface area contributed by atoms with Gasteiger partial charge in [-0.25, -0.2) is 13.1 Å². The van der Waals surface area contributed by atoms with Gasteiger partial charge < -0.3 is 5.11 Å². The topological polar surface area (TPSA) is 66.4 Å². The summed E-state index contributed by atoms with van der Waals surface area (Å²) in [6, 6.07) is 7.01. The number of thioether (sulfide) groups is 1. The monoisotopic (exact) mass is 287 g/mol. The van der Waals surface area contributed by atoms with Crippen molar-refractivity contribution in [2.75, 3.05) is 12.4 Å². The smallest absolute Gasteiger partial charge is 0.240 e. The summed E-state index contributed by atoms with van der Waals surface area (Å²) in [5.74, 6) is 0.836. The molecule has 0 atom stereocenters. The Morgan fingerprint density at radius 2 is 1.94 bits per heavy atom. The SMILES string of the molecule is O=S(=O)(NC1CC1)c1ccc(SCCCO)cc1. The van der Waals surface area contributed by atoms with Crippen LogP contribution in [0.25, 0.3) is 0 Å². The maximum absolute atomic E-state index is 11.9. The molecule has 0 radical (unpaired) electrons. The van der Waals surface area contributed by atoms with E-state index in [0.717, 1.165) is 29.9 Å². The maximum atomic E-state index is 11.9. The first-order valence-corrected chi connectivity index (χ1v) is 8.45. The van der Waals surface area contributed by atoms with E-state index in [9.17, 15) is 8.42 Å². The van der Waals surface area contributed by atoms with Gasteiger partial charge in [-0.3, -0.25) is 0 Å². The molecule has 2 rings (SSSR count). The van der Waals surface area contributed by atoms with Gasteiger partial charge in [0.1, 0.15) is 0 Å². The maximum Gasteiger partial charge on any atom is 0.240 e. The lowest BCUT2D eigenvalue weighted by Gasteiger charge is -2.06. The Bertz CT molecular complexity index is 481. The van der Waals surface area contributed by atoms with Crippen LogP contribution in [0.15, 0.2) is 34.1 Å². The summed E-state index contributed by atoms with van der Waals surface area (Å²) < 4.78 is 26.5. The summed E-state index contributed by atoms with van der Waals surface area (Å²) in [4.78, 5) is 1.34. The van der Waals surface area contributed by atoms with Gasteiger partial charge in [-0.1, -0.05) is 0 Å².